The van der Waals surface area contributed by atoms with Gasteiger partial charge in [0.25, 0.3) is 0 Å². The van der Waals surface area contributed by atoms with Crippen LogP contribution in [0.25, 0.3) is 0 Å². The van der Waals surface area contributed by atoms with Gasteiger partial charge in [-0.25, -0.2) is 0 Å². The SMILES string of the molecule is C#CCN(CCO)CC(C)C. The summed E-state index contributed by atoms with van der Waals surface area (Å²) in [5.74, 6) is 3.18. The topological polar surface area (TPSA) is 23.5 Å². The summed E-state index contributed by atoms with van der Waals surface area (Å²) in [6.45, 7) is 6.75. The lowest BCUT2D eigenvalue weighted by Crippen LogP contribution is -2.30. The molecular formula is C9H17NO. The Balaban J connectivity index is 3.61. The largest absolute Gasteiger partial charge is 0.395 e. The molecule has 0 aliphatic rings. The Labute approximate surface area is 69.2 Å². The monoisotopic (exact) mass is 155 g/mol. The molecule has 0 amide bonds. The van der Waals surface area contributed by atoms with Crippen LogP contribution in [0.3, 0.4) is 0 Å². The maximum Gasteiger partial charge on any atom is 0.0599 e. The third-order valence-corrected chi connectivity index (χ3v) is 1.35. The van der Waals surface area contributed by atoms with E-state index in [1.54, 1.807) is 0 Å². The smallest absolute Gasteiger partial charge is 0.0599 e. The lowest BCUT2D eigenvalue weighted by atomic mass is 10.2. The van der Waals surface area contributed by atoms with E-state index in [-0.39, 0.29) is 6.61 Å². The molecule has 0 fully saturated rings. The molecule has 0 saturated heterocycles. The van der Waals surface area contributed by atoms with E-state index >= 15 is 0 Å². The van der Waals surface area contributed by atoms with Crippen LogP contribution >= 0.6 is 0 Å². The number of aliphatic hydroxyl groups is 1. The van der Waals surface area contributed by atoms with Gasteiger partial charge in [0.15, 0.2) is 0 Å². The average molecular weight is 155 g/mol. The van der Waals surface area contributed by atoms with E-state index in [4.69, 9.17) is 11.5 Å². The summed E-state index contributed by atoms with van der Waals surface area (Å²) < 4.78 is 0. The fourth-order valence-electron chi connectivity index (χ4n) is 1.02. The molecule has 0 heterocycles. The van der Waals surface area contributed by atoms with Gasteiger partial charge in [0.2, 0.25) is 0 Å². The fourth-order valence-corrected chi connectivity index (χ4v) is 1.02. The molecule has 0 radical (unpaired) electrons. The van der Waals surface area contributed by atoms with Crippen LogP contribution in [-0.4, -0.2) is 36.2 Å². The zero-order valence-electron chi connectivity index (χ0n) is 7.38. The molecule has 1 N–H and O–H groups in total. The van der Waals surface area contributed by atoms with Crippen LogP contribution in [-0.2, 0) is 0 Å². The Kier molecular flexibility index (Phi) is 5.91. The molecule has 64 valence electrons. The van der Waals surface area contributed by atoms with Gasteiger partial charge in [0.05, 0.1) is 13.2 Å². The van der Waals surface area contributed by atoms with Crippen molar-refractivity contribution in [3.8, 4) is 12.3 Å². The maximum atomic E-state index is 8.67. The predicted molar refractivity (Wildman–Crippen MR) is 47.2 cm³/mol. The number of nitrogens with zero attached hydrogens (tertiary/aromatic N) is 1. The minimum Gasteiger partial charge on any atom is -0.395 e. The van der Waals surface area contributed by atoms with Crippen molar-refractivity contribution in [3.05, 3.63) is 0 Å². The number of hydrogen-bond acceptors (Lipinski definition) is 2. The first kappa shape index (κ1) is 10.5. The summed E-state index contributed by atoms with van der Waals surface area (Å²) >= 11 is 0. The Hall–Kier alpha value is -0.520. The highest BCUT2D eigenvalue weighted by molar-refractivity contribution is 4.88. The molecule has 0 bridgehead atoms. The Morgan fingerprint density at radius 2 is 2.18 bits per heavy atom. The molecular weight excluding hydrogens is 138 g/mol. The molecule has 0 unspecified atom stereocenters. The zero-order valence-corrected chi connectivity index (χ0v) is 7.38. The third kappa shape index (κ3) is 5.90. The lowest BCUT2D eigenvalue weighted by molar-refractivity contribution is 0.197. The van der Waals surface area contributed by atoms with Gasteiger partial charge in [-0.3, -0.25) is 4.90 Å². The summed E-state index contributed by atoms with van der Waals surface area (Å²) in [4.78, 5) is 2.07. The molecule has 2 nitrogen and oxygen atoms in total. The number of rotatable bonds is 5. The molecule has 0 spiro atoms. The second-order valence-corrected chi connectivity index (χ2v) is 3.06. The van der Waals surface area contributed by atoms with Gasteiger partial charge in [0.1, 0.15) is 0 Å². The van der Waals surface area contributed by atoms with Gasteiger partial charge < -0.3 is 5.11 Å². The van der Waals surface area contributed by atoms with Gasteiger partial charge in [-0.1, -0.05) is 19.8 Å². The van der Waals surface area contributed by atoms with E-state index in [0.717, 1.165) is 6.54 Å². The maximum absolute atomic E-state index is 8.67. The molecule has 0 aliphatic heterocycles. The van der Waals surface area contributed by atoms with Crippen LogP contribution in [0, 0.1) is 18.3 Å². The standard InChI is InChI=1S/C9H17NO/c1-4-5-10(6-7-11)8-9(2)3/h1,9,11H,5-8H2,2-3H3. The molecule has 0 atom stereocenters. The highest BCUT2D eigenvalue weighted by Gasteiger charge is 2.03. The van der Waals surface area contributed by atoms with Gasteiger partial charge in [-0.05, 0) is 5.92 Å². The summed E-state index contributed by atoms with van der Waals surface area (Å²) in [6.07, 6.45) is 5.16. The predicted octanol–water partition coefficient (Wildman–Crippen LogP) is 0.570. The summed E-state index contributed by atoms with van der Waals surface area (Å²) in [5, 5.41) is 8.67. The first-order valence-electron chi connectivity index (χ1n) is 3.97. The van der Waals surface area contributed by atoms with Crippen molar-refractivity contribution in [2.45, 2.75) is 13.8 Å². The minimum absolute atomic E-state index is 0.189. The van der Waals surface area contributed by atoms with E-state index in [9.17, 15) is 0 Å². The first-order chi connectivity index (χ1) is 5.20. The second-order valence-electron chi connectivity index (χ2n) is 3.06. The van der Waals surface area contributed by atoms with Gasteiger partial charge in [-0.15, -0.1) is 6.42 Å². The Morgan fingerprint density at radius 1 is 1.55 bits per heavy atom. The van der Waals surface area contributed by atoms with E-state index < -0.39 is 0 Å². The van der Waals surface area contributed by atoms with Gasteiger partial charge >= 0.3 is 0 Å². The van der Waals surface area contributed by atoms with Crippen molar-refractivity contribution in [2.24, 2.45) is 5.92 Å². The van der Waals surface area contributed by atoms with Crippen LogP contribution in [0.4, 0.5) is 0 Å². The van der Waals surface area contributed by atoms with Crippen molar-refractivity contribution >= 4 is 0 Å². The highest BCUT2D eigenvalue weighted by atomic mass is 16.3. The molecule has 11 heavy (non-hydrogen) atoms. The van der Waals surface area contributed by atoms with Crippen LogP contribution in [0.1, 0.15) is 13.8 Å². The Bertz CT molecular complexity index is 126. The molecule has 0 aromatic heterocycles. The van der Waals surface area contributed by atoms with Gasteiger partial charge in [-0.2, -0.15) is 0 Å². The molecule has 0 aliphatic carbocycles. The van der Waals surface area contributed by atoms with Gasteiger partial charge in [0, 0.05) is 13.1 Å². The second kappa shape index (κ2) is 6.21. The van der Waals surface area contributed by atoms with E-state index in [1.807, 2.05) is 0 Å². The average Bonchev–Trinajstić information content (AvgIpc) is 1.87. The van der Waals surface area contributed by atoms with Crippen molar-refractivity contribution in [1.29, 1.82) is 0 Å². The molecule has 0 aromatic carbocycles. The molecule has 2 heteroatoms. The molecule has 0 saturated carbocycles. The highest BCUT2D eigenvalue weighted by Crippen LogP contribution is 1.96. The van der Waals surface area contributed by atoms with E-state index in [0.29, 0.717) is 19.0 Å². The van der Waals surface area contributed by atoms with E-state index in [1.165, 1.54) is 0 Å². The van der Waals surface area contributed by atoms with Crippen LogP contribution in [0.5, 0.6) is 0 Å². The quantitative estimate of drug-likeness (QED) is 0.587. The van der Waals surface area contributed by atoms with Crippen molar-refractivity contribution in [1.82, 2.24) is 4.90 Å². The zero-order chi connectivity index (χ0) is 8.69. The first-order valence-corrected chi connectivity index (χ1v) is 3.97. The van der Waals surface area contributed by atoms with Crippen LogP contribution in [0.15, 0.2) is 0 Å². The minimum atomic E-state index is 0.189. The molecule has 0 aromatic rings. The number of terminal acetylenes is 1. The van der Waals surface area contributed by atoms with E-state index in [2.05, 4.69) is 24.7 Å². The van der Waals surface area contributed by atoms with Crippen LogP contribution < -0.4 is 0 Å². The molecule has 0 rings (SSSR count). The van der Waals surface area contributed by atoms with Crippen LogP contribution in [0.2, 0.25) is 0 Å². The van der Waals surface area contributed by atoms with Crippen molar-refractivity contribution in [2.75, 3.05) is 26.2 Å². The number of hydrogen-bond donors (Lipinski definition) is 1. The summed E-state index contributed by atoms with van der Waals surface area (Å²) in [7, 11) is 0. The lowest BCUT2D eigenvalue weighted by Gasteiger charge is -2.20. The van der Waals surface area contributed by atoms with Crippen molar-refractivity contribution < 1.29 is 5.11 Å². The Morgan fingerprint density at radius 3 is 2.55 bits per heavy atom. The third-order valence-electron chi connectivity index (χ3n) is 1.35. The van der Waals surface area contributed by atoms with Crippen molar-refractivity contribution in [3.63, 3.8) is 0 Å². The fraction of sp³-hybridized carbons (Fsp3) is 0.778. The number of aliphatic hydroxyl groups excluding tert-OH is 1. The summed E-state index contributed by atoms with van der Waals surface area (Å²) in [5.41, 5.74) is 0. The summed E-state index contributed by atoms with van der Waals surface area (Å²) in [6, 6.07) is 0. The normalized spacial score (nSPS) is 10.5.